The van der Waals surface area contributed by atoms with E-state index in [0.29, 0.717) is 5.75 Å². The van der Waals surface area contributed by atoms with Crippen molar-refractivity contribution in [2.45, 2.75) is 4.90 Å². The van der Waals surface area contributed by atoms with Gasteiger partial charge in [0.25, 0.3) is 5.91 Å². The quantitative estimate of drug-likeness (QED) is 0.734. The molecule has 0 bridgehead atoms. The average Bonchev–Trinajstić information content (AvgIpc) is 2.78. The van der Waals surface area contributed by atoms with Gasteiger partial charge in [0.1, 0.15) is 16.4 Å². The maximum absolute atomic E-state index is 13.1. The lowest BCUT2D eigenvalue weighted by molar-refractivity contribution is 0.0696. The minimum absolute atomic E-state index is 0.00159. The van der Waals surface area contributed by atoms with Gasteiger partial charge in [-0.1, -0.05) is 6.07 Å². The largest absolute Gasteiger partial charge is 0.497 e. The number of rotatable bonds is 6. The molecule has 9 nitrogen and oxygen atoms in total. The van der Waals surface area contributed by atoms with Crippen LogP contribution in [0.2, 0.25) is 0 Å². The van der Waals surface area contributed by atoms with E-state index < -0.39 is 16.0 Å². The Hall–Kier alpha value is -3.11. The van der Waals surface area contributed by atoms with Crippen molar-refractivity contribution in [1.82, 2.24) is 9.21 Å². The van der Waals surface area contributed by atoms with Crippen LogP contribution in [-0.4, -0.2) is 75.0 Å². The molecule has 2 aromatic rings. The molecule has 1 N–H and O–H groups in total. The Labute approximate surface area is 174 Å². The van der Waals surface area contributed by atoms with E-state index in [0.717, 1.165) is 0 Å². The van der Waals surface area contributed by atoms with Crippen molar-refractivity contribution in [2.75, 3.05) is 40.4 Å². The van der Waals surface area contributed by atoms with Gasteiger partial charge in [-0.05, 0) is 30.3 Å². The third-order valence-corrected chi connectivity index (χ3v) is 6.79. The van der Waals surface area contributed by atoms with E-state index in [4.69, 9.17) is 14.6 Å². The normalized spacial score (nSPS) is 14.9. The second kappa shape index (κ2) is 8.72. The number of methoxy groups -OCH3 is 2. The van der Waals surface area contributed by atoms with E-state index >= 15 is 0 Å². The molecule has 3 rings (SSSR count). The summed E-state index contributed by atoms with van der Waals surface area (Å²) < 4.78 is 37.9. The summed E-state index contributed by atoms with van der Waals surface area (Å²) in [5, 5.41) is 9.10. The van der Waals surface area contributed by atoms with Crippen LogP contribution in [0.4, 0.5) is 0 Å². The topological polar surface area (TPSA) is 113 Å². The molecule has 10 heteroatoms. The number of carbonyl (C=O) groups excluding carboxylic acids is 1. The fraction of sp³-hybridized carbons (Fsp3) is 0.300. The van der Waals surface area contributed by atoms with E-state index in [1.54, 1.807) is 12.1 Å². The first-order valence-corrected chi connectivity index (χ1v) is 10.6. The molecule has 0 saturated carbocycles. The molecule has 1 amide bonds. The fourth-order valence-electron chi connectivity index (χ4n) is 3.22. The standard InChI is InChI=1S/C20H22N2O7S/c1-28-16-6-7-17(29-2)18(13-16)30(26,27)22-10-8-21(9-11-22)19(23)14-4-3-5-15(12-14)20(24)25/h3-7,12-13H,8-11H2,1-2H3,(H,24,25). The zero-order valence-corrected chi connectivity index (χ0v) is 17.4. The molecular formula is C20H22N2O7S. The molecule has 0 aliphatic carbocycles. The Balaban J connectivity index is 1.76. The van der Waals surface area contributed by atoms with Crippen LogP contribution in [0.25, 0.3) is 0 Å². The molecule has 0 aromatic heterocycles. The highest BCUT2D eigenvalue weighted by Gasteiger charge is 2.32. The monoisotopic (exact) mass is 434 g/mol. The maximum atomic E-state index is 13.1. The third kappa shape index (κ3) is 4.24. The van der Waals surface area contributed by atoms with E-state index in [-0.39, 0.29) is 53.9 Å². The smallest absolute Gasteiger partial charge is 0.335 e. The van der Waals surface area contributed by atoms with Crippen LogP contribution in [0, 0.1) is 0 Å². The number of amides is 1. The van der Waals surface area contributed by atoms with Crippen LogP contribution in [0.15, 0.2) is 47.4 Å². The van der Waals surface area contributed by atoms with Crippen molar-refractivity contribution in [3.8, 4) is 11.5 Å². The number of benzene rings is 2. The number of sulfonamides is 1. The van der Waals surface area contributed by atoms with E-state index in [2.05, 4.69) is 0 Å². The van der Waals surface area contributed by atoms with Gasteiger partial charge in [0.2, 0.25) is 10.0 Å². The number of carboxylic acid groups (broad SMARTS) is 1. The lowest BCUT2D eigenvalue weighted by Crippen LogP contribution is -2.50. The SMILES string of the molecule is COc1ccc(OC)c(S(=O)(=O)N2CCN(C(=O)c3cccc(C(=O)O)c3)CC2)c1. The summed E-state index contributed by atoms with van der Waals surface area (Å²) in [6.45, 7) is 0.573. The highest BCUT2D eigenvalue weighted by Crippen LogP contribution is 2.31. The van der Waals surface area contributed by atoms with Gasteiger partial charge in [-0.25, -0.2) is 13.2 Å². The zero-order chi connectivity index (χ0) is 21.9. The van der Waals surface area contributed by atoms with Gasteiger partial charge in [-0.3, -0.25) is 4.79 Å². The first-order chi connectivity index (χ1) is 14.3. The summed E-state index contributed by atoms with van der Waals surface area (Å²) in [6, 6.07) is 10.3. The van der Waals surface area contributed by atoms with Crippen LogP contribution < -0.4 is 9.47 Å². The Bertz CT molecular complexity index is 1060. The van der Waals surface area contributed by atoms with Crippen LogP contribution in [0.1, 0.15) is 20.7 Å². The number of hydrogen-bond donors (Lipinski definition) is 1. The van der Waals surface area contributed by atoms with Crippen molar-refractivity contribution < 1.29 is 32.6 Å². The number of piperazine rings is 1. The molecule has 1 aliphatic heterocycles. The number of hydrogen-bond acceptors (Lipinski definition) is 6. The van der Waals surface area contributed by atoms with Gasteiger partial charge in [0.15, 0.2) is 0 Å². The van der Waals surface area contributed by atoms with Gasteiger partial charge >= 0.3 is 5.97 Å². The van der Waals surface area contributed by atoms with Crippen LogP contribution >= 0.6 is 0 Å². The Morgan fingerprint density at radius 2 is 1.60 bits per heavy atom. The molecule has 1 heterocycles. The lowest BCUT2D eigenvalue weighted by Gasteiger charge is -2.34. The summed E-state index contributed by atoms with van der Waals surface area (Å²) in [6.07, 6.45) is 0. The second-order valence-electron chi connectivity index (χ2n) is 6.60. The summed E-state index contributed by atoms with van der Waals surface area (Å²) in [7, 11) is -1.02. The first kappa shape index (κ1) is 21.6. The molecular weight excluding hydrogens is 412 g/mol. The van der Waals surface area contributed by atoms with Crippen LogP contribution in [-0.2, 0) is 10.0 Å². The van der Waals surface area contributed by atoms with Crippen molar-refractivity contribution in [3.63, 3.8) is 0 Å². The van der Waals surface area contributed by atoms with Crippen molar-refractivity contribution in [3.05, 3.63) is 53.6 Å². The predicted molar refractivity (Wildman–Crippen MR) is 108 cm³/mol. The Morgan fingerprint density at radius 3 is 2.20 bits per heavy atom. The summed E-state index contributed by atoms with van der Waals surface area (Å²) in [5.74, 6) is -0.858. The summed E-state index contributed by atoms with van der Waals surface area (Å²) >= 11 is 0. The average molecular weight is 434 g/mol. The molecule has 2 aromatic carbocycles. The third-order valence-electron chi connectivity index (χ3n) is 4.87. The molecule has 30 heavy (non-hydrogen) atoms. The zero-order valence-electron chi connectivity index (χ0n) is 16.6. The summed E-state index contributed by atoms with van der Waals surface area (Å²) in [5.41, 5.74) is 0.271. The number of ether oxygens (including phenoxy) is 2. The highest BCUT2D eigenvalue weighted by molar-refractivity contribution is 7.89. The van der Waals surface area contributed by atoms with Gasteiger partial charge < -0.3 is 19.5 Å². The van der Waals surface area contributed by atoms with Crippen LogP contribution in [0.3, 0.4) is 0 Å². The maximum Gasteiger partial charge on any atom is 0.335 e. The van der Waals surface area contributed by atoms with Gasteiger partial charge in [-0.15, -0.1) is 0 Å². The minimum Gasteiger partial charge on any atom is -0.497 e. The molecule has 0 radical (unpaired) electrons. The van der Waals surface area contributed by atoms with E-state index in [1.807, 2.05) is 0 Å². The van der Waals surface area contributed by atoms with Gasteiger partial charge in [0.05, 0.1) is 19.8 Å². The Kier molecular flexibility index (Phi) is 6.28. The Morgan fingerprint density at radius 1 is 0.933 bits per heavy atom. The lowest BCUT2D eigenvalue weighted by atomic mass is 10.1. The highest BCUT2D eigenvalue weighted by atomic mass is 32.2. The minimum atomic E-state index is -3.86. The van der Waals surface area contributed by atoms with E-state index in [9.17, 15) is 18.0 Å². The molecule has 1 aliphatic rings. The summed E-state index contributed by atoms with van der Waals surface area (Å²) in [4.78, 5) is 25.3. The molecule has 1 fully saturated rings. The predicted octanol–water partition coefficient (Wildman–Crippen LogP) is 1.55. The van der Waals surface area contributed by atoms with Crippen molar-refractivity contribution >= 4 is 21.9 Å². The second-order valence-corrected chi connectivity index (χ2v) is 8.51. The van der Waals surface area contributed by atoms with Crippen molar-refractivity contribution in [2.24, 2.45) is 0 Å². The van der Waals surface area contributed by atoms with Crippen molar-refractivity contribution in [1.29, 1.82) is 0 Å². The molecule has 0 spiro atoms. The fourth-order valence-corrected chi connectivity index (χ4v) is 4.82. The van der Waals surface area contributed by atoms with E-state index in [1.165, 1.54) is 53.8 Å². The number of carboxylic acids is 1. The van der Waals surface area contributed by atoms with Gasteiger partial charge in [0, 0.05) is 37.8 Å². The molecule has 0 unspecified atom stereocenters. The first-order valence-electron chi connectivity index (χ1n) is 9.12. The molecule has 160 valence electrons. The number of nitrogens with zero attached hydrogens (tertiary/aromatic N) is 2. The van der Waals surface area contributed by atoms with Gasteiger partial charge in [-0.2, -0.15) is 4.31 Å². The van der Waals surface area contributed by atoms with Crippen LogP contribution in [0.5, 0.6) is 11.5 Å². The molecule has 1 saturated heterocycles. The number of carbonyl (C=O) groups is 2. The molecule has 0 atom stereocenters. The number of aromatic carboxylic acids is 1.